The van der Waals surface area contributed by atoms with E-state index in [4.69, 9.17) is 0 Å². The summed E-state index contributed by atoms with van der Waals surface area (Å²) in [5, 5.41) is 0. The van der Waals surface area contributed by atoms with Crippen LogP contribution in [0.5, 0.6) is 0 Å². The molecule has 0 amide bonds. The first kappa shape index (κ1) is 19.2. The molecule has 152 valence electrons. The number of Topliss-reactive ketones (excluding diaryl/α,β-unsaturated/α-hetero) is 1. The molecule has 1 saturated heterocycles. The van der Waals surface area contributed by atoms with E-state index in [0.29, 0.717) is 17.2 Å². The lowest BCUT2D eigenvalue weighted by atomic mass is 10.1. The summed E-state index contributed by atoms with van der Waals surface area (Å²) >= 11 is 0. The molecule has 0 unspecified atom stereocenters. The monoisotopic (exact) mass is 395 g/mol. The molecule has 0 bridgehead atoms. The highest BCUT2D eigenvalue weighted by Crippen LogP contribution is 2.23. The number of piperidine rings is 1. The van der Waals surface area contributed by atoms with Gasteiger partial charge in [0.15, 0.2) is 16.9 Å². The first-order chi connectivity index (χ1) is 13.9. The zero-order valence-corrected chi connectivity index (χ0v) is 17.0. The Morgan fingerprint density at radius 1 is 1.00 bits per heavy atom. The summed E-state index contributed by atoms with van der Waals surface area (Å²) < 4.78 is 4.12. The summed E-state index contributed by atoms with van der Waals surface area (Å²) in [6, 6.07) is 7.39. The molecule has 3 aromatic rings. The third kappa shape index (κ3) is 3.28. The normalized spacial score (nSPS) is 14.5. The van der Waals surface area contributed by atoms with Gasteiger partial charge in [0.1, 0.15) is 0 Å². The second kappa shape index (κ2) is 7.35. The Morgan fingerprint density at radius 3 is 2.31 bits per heavy atom. The van der Waals surface area contributed by atoms with E-state index in [1.807, 2.05) is 19.1 Å². The maximum absolute atomic E-state index is 13.0. The molecule has 0 radical (unpaired) electrons. The number of nitrogens with zero attached hydrogens (tertiary/aromatic N) is 5. The zero-order chi connectivity index (χ0) is 20.7. The summed E-state index contributed by atoms with van der Waals surface area (Å²) in [4.78, 5) is 45.1. The first-order valence-electron chi connectivity index (χ1n) is 9.89. The maximum atomic E-state index is 13.0. The van der Waals surface area contributed by atoms with E-state index >= 15 is 0 Å². The number of anilines is 1. The SMILES string of the molecule is Cc1ccc(C(=O)Cn2c(N3CCCCC3)nc3c2c(=O)n(C)c(=O)n3C)cc1. The molecule has 29 heavy (non-hydrogen) atoms. The summed E-state index contributed by atoms with van der Waals surface area (Å²) in [6.45, 7) is 3.60. The van der Waals surface area contributed by atoms with Crippen molar-refractivity contribution in [2.24, 2.45) is 14.1 Å². The smallest absolute Gasteiger partial charge is 0.332 e. The van der Waals surface area contributed by atoms with Gasteiger partial charge in [0.2, 0.25) is 5.95 Å². The number of carbonyl (C=O) groups excluding carboxylic acids is 1. The van der Waals surface area contributed by atoms with E-state index in [1.165, 1.54) is 11.6 Å². The molecule has 8 nitrogen and oxygen atoms in total. The highest BCUT2D eigenvalue weighted by molar-refractivity contribution is 5.97. The van der Waals surface area contributed by atoms with Gasteiger partial charge in [0.25, 0.3) is 5.56 Å². The minimum atomic E-state index is -0.435. The van der Waals surface area contributed by atoms with Crippen molar-refractivity contribution in [3.63, 3.8) is 0 Å². The Bertz CT molecular complexity index is 1190. The molecule has 8 heteroatoms. The molecule has 0 atom stereocenters. The van der Waals surface area contributed by atoms with Crippen molar-refractivity contribution in [3.05, 3.63) is 56.2 Å². The minimum Gasteiger partial charge on any atom is -0.342 e. The van der Waals surface area contributed by atoms with Crippen LogP contribution >= 0.6 is 0 Å². The van der Waals surface area contributed by atoms with Gasteiger partial charge in [-0.3, -0.25) is 23.3 Å². The van der Waals surface area contributed by atoms with Crippen LogP contribution in [-0.4, -0.2) is 37.6 Å². The number of aromatic nitrogens is 4. The molecule has 0 spiro atoms. The van der Waals surface area contributed by atoms with Crippen LogP contribution in [0.2, 0.25) is 0 Å². The summed E-state index contributed by atoms with van der Waals surface area (Å²) in [7, 11) is 3.05. The quantitative estimate of drug-likeness (QED) is 0.627. The number of hydrogen-bond acceptors (Lipinski definition) is 5. The average Bonchev–Trinajstić information content (AvgIpc) is 3.11. The van der Waals surface area contributed by atoms with E-state index in [0.717, 1.165) is 42.5 Å². The number of carbonyl (C=O) groups is 1. The molecule has 1 aliphatic rings. The molecule has 0 saturated carbocycles. The third-order valence-corrected chi connectivity index (χ3v) is 5.64. The Kier molecular flexibility index (Phi) is 4.86. The fourth-order valence-electron chi connectivity index (χ4n) is 3.89. The van der Waals surface area contributed by atoms with Gasteiger partial charge < -0.3 is 4.90 Å². The van der Waals surface area contributed by atoms with E-state index in [9.17, 15) is 14.4 Å². The van der Waals surface area contributed by atoms with E-state index in [2.05, 4.69) is 9.88 Å². The van der Waals surface area contributed by atoms with Crippen molar-refractivity contribution >= 4 is 22.9 Å². The number of hydrogen-bond donors (Lipinski definition) is 0. The zero-order valence-electron chi connectivity index (χ0n) is 17.0. The number of ketones is 1. The van der Waals surface area contributed by atoms with Gasteiger partial charge in [-0.2, -0.15) is 4.98 Å². The lowest BCUT2D eigenvalue weighted by Gasteiger charge is -2.28. The third-order valence-electron chi connectivity index (χ3n) is 5.64. The summed E-state index contributed by atoms with van der Waals surface area (Å²) in [6.07, 6.45) is 3.22. The average molecular weight is 395 g/mol. The predicted molar refractivity (Wildman–Crippen MR) is 112 cm³/mol. The van der Waals surface area contributed by atoms with Gasteiger partial charge in [-0.15, -0.1) is 0 Å². The number of imidazole rings is 1. The summed E-state index contributed by atoms with van der Waals surface area (Å²) in [5.41, 5.74) is 1.40. The Balaban J connectivity index is 1.89. The number of aryl methyl sites for hydroxylation is 2. The van der Waals surface area contributed by atoms with E-state index in [1.54, 1.807) is 23.7 Å². The predicted octanol–water partition coefficient (Wildman–Crippen LogP) is 1.62. The topological polar surface area (TPSA) is 82.1 Å². The molecule has 4 rings (SSSR count). The number of rotatable bonds is 4. The largest absolute Gasteiger partial charge is 0.342 e. The molecule has 3 heterocycles. The van der Waals surface area contributed by atoms with Crippen molar-refractivity contribution in [1.82, 2.24) is 18.7 Å². The molecular weight excluding hydrogens is 370 g/mol. The van der Waals surface area contributed by atoms with Crippen LogP contribution < -0.4 is 16.1 Å². The fraction of sp³-hybridized carbons (Fsp3) is 0.429. The molecule has 0 N–H and O–H groups in total. The molecule has 1 fully saturated rings. The van der Waals surface area contributed by atoms with Gasteiger partial charge in [-0.25, -0.2) is 4.79 Å². The van der Waals surface area contributed by atoms with Crippen molar-refractivity contribution in [2.45, 2.75) is 32.7 Å². The van der Waals surface area contributed by atoms with Crippen LogP contribution in [0, 0.1) is 6.92 Å². The fourth-order valence-corrected chi connectivity index (χ4v) is 3.89. The van der Waals surface area contributed by atoms with Gasteiger partial charge >= 0.3 is 5.69 Å². The lowest BCUT2D eigenvalue weighted by molar-refractivity contribution is 0.0973. The van der Waals surface area contributed by atoms with E-state index < -0.39 is 11.2 Å². The lowest BCUT2D eigenvalue weighted by Crippen LogP contribution is -2.38. The van der Waals surface area contributed by atoms with Crippen molar-refractivity contribution in [3.8, 4) is 0 Å². The molecule has 1 aromatic carbocycles. The Hall–Kier alpha value is -3.16. The van der Waals surface area contributed by atoms with Crippen LogP contribution in [0.4, 0.5) is 5.95 Å². The van der Waals surface area contributed by atoms with Gasteiger partial charge in [0, 0.05) is 32.7 Å². The van der Waals surface area contributed by atoms with Crippen molar-refractivity contribution < 1.29 is 4.79 Å². The van der Waals surface area contributed by atoms with E-state index in [-0.39, 0.29) is 17.8 Å². The number of benzene rings is 1. The van der Waals surface area contributed by atoms with Crippen LogP contribution in [0.1, 0.15) is 35.2 Å². The Morgan fingerprint density at radius 2 is 1.66 bits per heavy atom. The second-order valence-electron chi connectivity index (χ2n) is 7.71. The van der Waals surface area contributed by atoms with Crippen LogP contribution in [0.25, 0.3) is 11.2 Å². The number of fused-ring (bicyclic) bond motifs is 1. The highest BCUT2D eigenvalue weighted by atomic mass is 16.2. The van der Waals surface area contributed by atoms with Crippen molar-refractivity contribution in [2.75, 3.05) is 18.0 Å². The van der Waals surface area contributed by atoms with Gasteiger partial charge in [0.05, 0.1) is 6.54 Å². The van der Waals surface area contributed by atoms with Crippen molar-refractivity contribution in [1.29, 1.82) is 0 Å². The maximum Gasteiger partial charge on any atom is 0.332 e. The minimum absolute atomic E-state index is 0.00115. The van der Waals surface area contributed by atoms with Crippen LogP contribution in [0.15, 0.2) is 33.9 Å². The molecule has 2 aromatic heterocycles. The Labute approximate surface area is 168 Å². The van der Waals surface area contributed by atoms with Gasteiger partial charge in [-0.1, -0.05) is 29.8 Å². The first-order valence-corrected chi connectivity index (χ1v) is 9.89. The van der Waals surface area contributed by atoms with Crippen LogP contribution in [-0.2, 0) is 20.6 Å². The summed E-state index contributed by atoms with van der Waals surface area (Å²) in [5.74, 6) is 0.483. The van der Waals surface area contributed by atoms with Crippen LogP contribution in [0.3, 0.4) is 0 Å². The molecular formula is C21H25N5O3. The van der Waals surface area contributed by atoms with Gasteiger partial charge in [-0.05, 0) is 26.2 Å². The standard InChI is InChI=1S/C21H25N5O3/c1-14-7-9-15(10-8-14)16(27)13-26-17-18(23(2)21(29)24(3)19(17)28)22-20(26)25-11-5-4-6-12-25/h7-10H,4-6,11-13H2,1-3H3. The molecule has 0 aliphatic carbocycles. The second-order valence-corrected chi connectivity index (χ2v) is 7.71. The highest BCUT2D eigenvalue weighted by Gasteiger charge is 2.25. The molecule has 1 aliphatic heterocycles.